The van der Waals surface area contributed by atoms with Crippen LogP contribution in [-0.4, -0.2) is 35.4 Å². The Hall–Kier alpha value is -1.46. The van der Waals surface area contributed by atoms with Gasteiger partial charge >= 0.3 is 0 Å². The van der Waals surface area contributed by atoms with Gasteiger partial charge in [0.15, 0.2) is 0 Å². The van der Waals surface area contributed by atoms with Crippen LogP contribution < -0.4 is 5.73 Å². The Morgan fingerprint density at radius 1 is 1.45 bits per heavy atom. The molecule has 1 amide bonds. The van der Waals surface area contributed by atoms with Crippen molar-refractivity contribution >= 4 is 32.7 Å². The molecule has 22 heavy (non-hydrogen) atoms. The van der Waals surface area contributed by atoms with Gasteiger partial charge in [0.05, 0.1) is 11.1 Å². The van der Waals surface area contributed by atoms with E-state index in [1.165, 1.54) is 0 Å². The van der Waals surface area contributed by atoms with Crippen LogP contribution in [0.2, 0.25) is 0 Å². The third-order valence-corrected chi connectivity index (χ3v) is 4.96. The zero-order valence-electron chi connectivity index (χ0n) is 12.9. The SMILES string of the molecule is Cc1cc(C(=O)N2CCC(C)(CN)C2)c2ccc(Br)cc2n1. The normalized spacial score (nSPS) is 21.5. The summed E-state index contributed by atoms with van der Waals surface area (Å²) in [5, 5.41) is 0.903. The molecule has 1 saturated heterocycles. The zero-order chi connectivity index (χ0) is 15.9. The number of likely N-dealkylation sites (tertiary alicyclic amines) is 1. The first-order chi connectivity index (χ1) is 10.4. The lowest BCUT2D eigenvalue weighted by atomic mass is 9.90. The number of aryl methyl sites for hydroxylation is 1. The van der Waals surface area contributed by atoms with Crippen LogP contribution >= 0.6 is 15.9 Å². The van der Waals surface area contributed by atoms with Crippen molar-refractivity contribution in [2.75, 3.05) is 19.6 Å². The highest BCUT2D eigenvalue weighted by Crippen LogP contribution is 2.31. The molecular weight excluding hydrogens is 342 g/mol. The molecule has 2 heterocycles. The fraction of sp³-hybridized carbons (Fsp3) is 0.412. The molecule has 3 rings (SSSR count). The minimum atomic E-state index is 0.0383. The Labute approximate surface area is 138 Å². The largest absolute Gasteiger partial charge is 0.338 e. The van der Waals surface area contributed by atoms with E-state index in [1.54, 1.807) is 0 Å². The maximum absolute atomic E-state index is 12.9. The first-order valence-electron chi connectivity index (χ1n) is 7.48. The second-order valence-corrected chi connectivity index (χ2v) is 7.38. The highest BCUT2D eigenvalue weighted by atomic mass is 79.9. The Morgan fingerprint density at radius 2 is 2.23 bits per heavy atom. The number of fused-ring (bicyclic) bond motifs is 1. The van der Waals surface area contributed by atoms with Crippen molar-refractivity contribution < 1.29 is 4.79 Å². The number of carbonyl (C=O) groups is 1. The van der Waals surface area contributed by atoms with E-state index in [1.807, 2.05) is 36.1 Å². The number of nitrogens with two attached hydrogens (primary N) is 1. The number of hydrogen-bond acceptors (Lipinski definition) is 3. The van der Waals surface area contributed by atoms with E-state index in [-0.39, 0.29) is 11.3 Å². The molecule has 1 atom stereocenters. The van der Waals surface area contributed by atoms with Crippen molar-refractivity contribution in [1.82, 2.24) is 9.88 Å². The number of carbonyl (C=O) groups excluding carboxylic acids is 1. The van der Waals surface area contributed by atoms with Crippen molar-refractivity contribution in [3.05, 3.63) is 40.0 Å². The Bertz CT molecular complexity index is 741. The first kappa shape index (κ1) is 15.4. The molecule has 4 nitrogen and oxygen atoms in total. The average molecular weight is 362 g/mol. The van der Waals surface area contributed by atoms with Crippen molar-refractivity contribution in [3.63, 3.8) is 0 Å². The molecule has 1 aliphatic rings. The predicted molar refractivity (Wildman–Crippen MR) is 91.9 cm³/mol. The number of aromatic nitrogens is 1. The standard InChI is InChI=1S/C17H20BrN3O/c1-11-7-14(13-4-3-12(18)8-15(13)20-11)16(22)21-6-5-17(2,9-19)10-21/h3-4,7-8H,5-6,9-10,19H2,1-2H3. The van der Waals surface area contributed by atoms with Gasteiger partial charge < -0.3 is 10.6 Å². The van der Waals surface area contributed by atoms with Gasteiger partial charge in [-0.05, 0) is 43.5 Å². The van der Waals surface area contributed by atoms with Crippen molar-refractivity contribution in [2.24, 2.45) is 11.1 Å². The maximum atomic E-state index is 12.9. The second-order valence-electron chi connectivity index (χ2n) is 6.46. The summed E-state index contributed by atoms with van der Waals surface area (Å²) in [6, 6.07) is 7.74. The molecule has 1 unspecified atom stereocenters. The van der Waals surface area contributed by atoms with E-state index in [0.29, 0.717) is 6.54 Å². The second kappa shape index (κ2) is 5.63. The summed E-state index contributed by atoms with van der Waals surface area (Å²) < 4.78 is 0.966. The van der Waals surface area contributed by atoms with Gasteiger partial charge in [-0.1, -0.05) is 28.9 Å². The van der Waals surface area contributed by atoms with E-state index in [4.69, 9.17) is 5.73 Å². The van der Waals surface area contributed by atoms with Crippen LogP contribution in [0.4, 0.5) is 0 Å². The van der Waals surface area contributed by atoms with Crippen LogP contribution in [0.3, 0.4) is 0 Å². The Morgan fingerprint density at radius 3 is 2.91 bits per heavy atom. The molecule has 1 aliphatic heterocycles. The van der Waals surface area contributed by atoms with Crippen LogP contribution in [0, 0.1) is 12.3 Å². The van der Waals surface area contributed by atoms with E-state index in [2.05, 4.69) is 27.8 Å². The Balaban J connectivity index is 2.01. The summed E-state index contributed by atoms with van der Waals surface area (Å²) in [5.41, 5.74) is 8.32. The van der Waals surface area contributed by atoms with Gasteiger partial charge in [0, 0.05) is 28.6 Å². The third-order valence-electron chi connectivity index (χ3n) is 4.47. The number of halogens is 1. The van der Waals surface area contributed by atoms with Crippen molar-refractivity contribution in [1.29, 1.82) is 0 Å². The molecule has 1 fully saturated rings. The number of rotatable bonds is 2. The number of benzene rings is 1. The molecule has 0 bridgehead atoms. The van der Waals surface area contributed by atoms with Gasteiger partial charge in [-0.15, -0.1) is 0 Å². The third kappa shape index (κ3) is 2.75. The summed E-state index contributed by atoms with van der Waals surface area (Å²) in [6.45, 7) is 6.17. The lowest BCUT2D eigenvalue weighted by molar-refractivity contribution is 0.0778. The Kier molecular flexibility index (Phi) is 3.95. The highest BCUT2D eigenvalue weighted by Gasteiger charge is 2.35. The molecule has 2 N–H and O–H groups in total. The molecule has 116 valence electrons. The van der Waals surface area contributed by atoms with E-state index in [9.17, 15) is 4.79 Å². The lowest BCUT2D eigenvalue weighted by Crippen LogP contribution is -2.34. The smallest absolute Gasteiger partial charge is 0.254 e. The predicted octanol–water partition coefficient (Wildman–Crippen LogP) is 3.12. The monoisotopic (exact) mass is 361 g/mol. The highest BCUT2D eigenvalue weighted by molar-refractivity contribution is 9.10. The fourth-order valence-corrected chi connectivity index (χ4v) is 3.39. The van der Waals surface area contributed by atoms with Gasteiger partial charge in [-0.3, -0.25) is 9.78 Å². The molecule has 1 aromatic carbocycles. The van der Waals surface area contributed by atoms with Crippen molar-refractivity contribution in [3.8, 4) is 0 Å². The summed E-state index contributed by atoms with van der Waals surface area (Å²) >= 11 is 3.46. The molecule has 0 radical (unpaired) electrons. The number of amides is 1. The van der Waals surface area contributed by atoms with E-state index in [0.717, 1.165) is 46.1 Å². The van der Waals surface area contributed by atoms with Gasteiger partial charge in [0.1, 0.15) is 0 Å². The van der Waals surface area contributed by atoms with Crippen LogP contribution in [0.1, 0.15) is 29.4 Å². The topological polar surface area (TPSA) is 59.2 Å². The minimum Gasteiger partial charge on any atom is -0.338 e. The molecule has 1 aromatic heterocycles. The van der Waals surface area contributed by atoms with E-state index >= 15 is 0 Å². The number of pyridine rings is 1. The summed E-state index contributed by atoms with van der Waals surface area (Å²) in [4.78, 5) is 19.4. The van der Waals surface area contributed by atoms with Gasteiger partial charge in [-0.25, -0.2) is 0 Å². The quantitative estimate of drug-likeness (QED) is 0.893. The molecule has 0 spiro atoms. The van der Waals surface area contributed by atoms with Crippen LogP contribution in [0.5, 0.6) is 0 Å². The van der Waals surface area contributed by atoms with Gasteiger partial charge in [-0.2, -0.15) is 0 Å². The summed E-state index contributed by atoms with van der Waals surface area (Å²) in [6.07, 6.45) is 0.961. The van der Waals surface area contributed by atoms with Gasteiger partial charge in [0.2, 0.25) is 0 Å². The zero-order valence-corrected chi connectivity index (χ0v) is 14.5. The lowest BCUT2D eigenvalue weighted by Gasteiger charge is -2.23. The molecule has 2 aromatic rings. The van der Waals surface area contributed by atoms with Gasteiger partial charge in [0.25, 0.3) is 5.91 Å². The molecule has 0 saturated carbocycles. The average Bonchev–Trinajstić information content (AvgIpc) is 2.88. The number of hydrogen-bond donors (Lipinski definition) is 1. The van der Waals surface area contributed by atoms with E-state index < -0.39 is 0 Å². The van der Waals surface area contributed by atoms with Crippen LogP contribution in [0.15, 0.2) is 28.7 Å². The van der Waals surface area contributed by atoms with Crippen LogP contribution in [0.25, 0.3) is 10.9 Å². The number of nitrogens with zero attached hydrogens (tertiary/aromatic N) is 2. The molecule has 5 heteroatoms. The van der Waals surface area contributed by atoms with Crippen LogP contribution in [-0.2, 0) is 0 Å². The first-order valence-corrected chi connectivity index (χ1v) is 8.27. The summed E-state index contributed by atoms with van der Waals surface area (Å²) in [7, 11) is 0. The fourth-order valence-electron chi connectivity index (χ4n) is 3.04. The minimum absolute atomic E-state index is 0.0383. The summed E-state index contributed by atoms with van der Waals surface area (Å²) in [5.74, 6) is 0.0787. The molecular formula is C17H20BrN3O. The molecule has 0 aliphatic carbocycles. The van der Waals surface area contributed by atoms with Crippen molar-refractivity contribution in [2.45, 2.75) is 20.3 Å². The maximum Gasteiger partial charge on any atom is 0.254 e.